The molecule has 1 saturated heterocycles. The minimum atomic E-state index is -5.08. The molecule has 0 spiro atoms. The van der Waals surface area contributed by atoms with Gasteiger partial charge in [-0.05, 0) is 0 Å². The van der Waals surface area contributed by atoms with Crippen molar-refractivity contribution >= 4 is 12.4 Å². The van der Waals surface area contributed by atoms with Crippen molar-refractivity contribution in [1.29, 1.82) is 0 Å². The van der Waals surface area contributed by atoms with Gasteiger partial charge in [-0.1, -0.05) is 0 Å². The van der Waals surface area contributed by atoms with E-state index in [1.54, 1.807) is 0 Å². The number of amides is 1. The third-order valence-corrected chi connectivity index (χ3v) is 1.92. The predicted octanol–water partition coefficient (Wildman–Crippen LogP) is 1.51. The highest BCUT2D eigenvalue weighted by molar-refractivity contribution is 5.73. The second-order valence-corrected chi connectivity index (χ2v) is 3.30. The van der Waals surface area contributed by atoms with Gasteiger partial charge in [0.15, 0.2) is 0 Å². The maximum Gasteiger partial charge on any atom is 0.490 e. The van der Waals surface area contributed by atoms with Crippen LogP contribution >= 0.6 is 0 Å². The maximum absolute atomic E-state index is 12.4. The number of likely N-dealkylation sites (tertiary alicyclic amines) is 1. The van der Waals surface area contributed by atoms with Gasteiger partial charge in [-0.15, -0.1) is 0 Å². The standard InChI is InChI=1S/C6H9F2NO.C2HF3O2/c7-6(8)1-3-9(5-10)4-2-6;3-2(4,5)1(6)7/h5H,1-4H2;(H,6,7). The zero-order chi connectivity index (χ0) is 13.7. The minimum absolute atomic E-state index is 0.189. The number of alkyl halides is 5. The van der Waals surface area contributed by atoms with Crippen molar-refractivity contribution in [1.82, 2.24) is 4.90 Å². The van der Waals surface area contributed by atoms with E-state index in [1.165, 1.54) is 4.90 Å². The van der Waals surface area contributed by atoms with Gasteiger partial charge in [0.2, 0.25) is 6.41 Å². The van der Waals surface area contributed by atoms with Crippen molar-refractivity contribution < 1.29 is 36.6 Å². The van der Waals surface area contributed by atoms with Crippen LogP contribution in [0.5, 0.6) is 0 Å². The molecule has 0 atom stereocenters. The van der Waals surface area contributed by atoms with Gasteiger partial charge in [0.1, 0.15) is 0 Å². The molecule has 100 valence electrons. The number of hydrogen-bond acceptors (Lipinski definition) is 2. The lowest BCUT2D eigenvalue weighted by Crippen LogP contribution is -2.38. The molecule has 0 aromatic rings. The number of piperidine rings is 1. The first-order valence-corrected chi connectivity index (χ1v) is 4.46. The smallest absolute Gasteiger partial charge is 0.475 e. The second-order valence-electron chi connectivity index (χ2n) is 3.30. The van der Waals surface area contributed by atoms with Crippen molar-refractivity contribution in [3.63, 3.8) is 0 Å². The summed E-state index contributed by atoms with van der Waals surface area (Å²) in [6.45, 7) is 0.382. The fraction of sp³-hybridized carbons (Fsp3) is 0.750. The van der Waals surface area contributed by atoms with Gasteiger partial charge in [0, 0.05) is 25.9 Å². The summed E-state index contributed by atoms with van der Waals surface area (Å²) < 4.78 is 56.5. The number of halogens is 5. The van der Waals surface area contributed by atoms with Gasteiger partial charge in [-0.2, -0.15) is 13.2 Å². The molecule has 1 heterocycles. The molecule has 0 aromatic heterocycles. The number of hydrogen-bond donors (Lipinski definition) is 1. The van der Waals surface area contributed by atoms with Gasteiger partial charge in [0.25, 0.3) is 5.92 Å². The first kappa shape index (κ1) is 15.6. The van der Waals surface area contributed by atoms with E-state index in [4.69, 9.17) is 9.90 Å². The molecule has 1 aliphatic heterocycles. The molecule has 0 radical (unpaired) electrons. The highest BCUT2D eigenvalue weighted by atomic mass is 19.4. The SMILES string of the molecule is O=C(O)C(F)(F)F.O=CN1CCC(F)(F)CC1. The molecule has 0 aliphatic carbocycles. The lowest BCUT2D eigenvalue weighted by atomic mass is 10.1. The molecule has 1 amide bonds. The van der Waals surface area contributed by atoms with Crippen molar-refractivity contribution in [2.24, 2.45) is 0 Å². The van der Waals surface area contributed by atoms with E-state index in [0.29, 0.717) is 6.41 Å². The van der Waals surface area contributed by atoms with Crippen LogP contribution in [0.2, 0.25) is 0 Å². The van der Waals surface area contributed by atoms with E-state index in [-0.39, 0.29) is 25.9 Å². The van der Waals surface area contributed by atoms with Crippen LogP contribution in [0, 0.1) is 0 Å². The topological polar surface area (TPSA) is 57.6 Å². The molecule has 0 aromatic carbocycles. The Morgan fingerprint density at radius 1 is 1.24 bits per heavy atom. The quantitative estimate of drug-likeness (QED) is 0.576. The number of carbonyl (C=O) groups excluding carboxylic acids is 1. The molecule has 9 heteroatoms. The van der Waals surface area contributed by atoms with Crippen LogP contribution in [0.4, 0.5) is 22.0 Å². The zero-order valence-corrected chi connectivity index (χ0v) is 8.51. The summed E-state index contributed by atoms with van der Waals surface area (Å²) in [6, 6.07) is 0. The van der Waals surface area contributed by atoms with Crippen molar-refractivity contribution in [3.8, 4) is 0 Å². The van der Waals surface area contributed by atoms with E-state index in [2.05, 4.69) is 0 Å². The van der Waals surface area contributed by atoms with Gasteiger partial charge < -0.3 is 10.0 Å². The lowest BCUT2D eigenvalue weighted by molar-refractivity contribution is -0.192. The Hall–Kier alpha value is -1.41. The number of nitrogens with zero attached hydrogens (tertiary/aromatic N) is 1. The first-order valence-electron chi connectivity index (χ1n) is 4.46. The van der Waals surface area contributed by atoms with Crippen LogP contribution in [-0.4, -0.2) is 47.6 Å². The summed E-state index contributed by atoms with van der Waals surface area (Å²) in [5.41, 5.74) is 0. The maximum atomic E-state index is 12.4. The van der Waals surface area contributed by atoms with Crippen LogP contribution in [0.3, 0.4) is 0 Å². The Balaban J connectivity index is 0.000000325. The van der Waals surface area contributed by atoms with Crippen molar-refractivity contribution in [3.05, 3.63) is 0 Å². The monoisotopic (exact) mass is 263 g/mol. The summed E-state index contributed by atoms with van der Waals surface area (Å²) in [5.74, 6) is -5.30. The van der Waals surface area contributed by atoms with Crippen molar-refractivity contribution in [2.45, 2.75) is 24.9 Å². The molecule has 1 fully saturated rings. The summed E-state index contributed by atoms with van der Waals surface area (Å²) in [7, 11) is 0. The summed E-state index contributed by atoms with van der Waals surface area (Å²) >= 11 is 0. The van der Waals surface area contributed by atoms with E-state index in [9.17, 15) is 26.7 Å². The highest BCUT2D eigenvalue weighted by Gasteiger charge is 2.38. The molecule has 4 nitrogen and oxygen atoms in total. The molecule has 0 unspecified atom stereocenters. The summed E-state index contributed by atoms with van der Waals surface area (Å²) in [5, 5.41) is 7.12. The molecule has 0 saturated carbocycles. The molecule has 1 aliphatic rings. The van der Waals surface area contributed by atoms with Gasteiger partial charge in [0.05, 0.1) is 0 Å². The van der Waals surface area contributed by atoms with E-state index in [1.807, 2.05) is 0 Å². The molecule has 1 N–H and O–H groups in total. The Labute approximate surface area is 93.0 Å². The third-order valence-electron chi connectivity index (χ3n) is 1.92. The number of rotatable bonds is 1. The summed E-state index contributed by atoms with van der Waals surface area (Å²) in [4.78, 5) is 20.3. The van der Waals surface area contributed by atoms with Crippen LogP contribution in [-0.2, 0) is 9.59 Å². The van der Waals surface area contributed by atoms with E-state index >= 15 is 0 Å². The number of carboxylic acid groups (broad SMARTS) is 1. The van der Waals surface area contributed by atoms with Crippen LogP contribution in [0.15, 0.2) is 0 Å². The normalized spacial score (nSPS) is 19.0. The first-order chi connectivity index (χ1) is 7.58. The predicted molar refractivity (Wildman–Crippen MR) is 45.5 cm³/mol. The van der Waals surface area contributed by atoms with Crippen LogP contribution in [0.1, 0.15) is 12.8 Å². The Bertz CT molecular complexity index is 269. The Morgan fingerprint density at radius 3 is 1.82 bits per heavy atom. The fourth-order valence-corrected chi connectivity index (χ4v) is 0.957. The van der Waals surface area contributed by atoms with Gasteiger partial charge >= 0.3 is 12.1 Å². The van der Waals surface area contributed by atoms with E-state index in [0.717, 1.165) is 0 Å². The van der Waals surface area contributed by atoms with E-state index < -0.39 is 18.1 Å². The second kappa shape index (κ2) is 5.78. The number of aliphatic carboxylic acids is 1. The Kier molecular flexibility index (Phi) is 5.30. The minimum Gasteiger partial charge on any atom is -0.475 e. The largest absolute Gasteiger partial charge is 0.490 e. The number of carboxylic acids is 1. The molecular weight excluding hydrogens is 253 g/mol. The average Bonchev–Trinajstić information content (AvgIpc) is 2.17. The Morgan fingerprint density at radius 2 is 1.59 bits per heavy atom. The number of carbonyl (C=O) groups is 2. The zero-order valence-electron chi connectivity index (χ0n) is 8.51. The van der Waals surface area contributed by atoms with Crippen molar-refractivity contribution in [2.75, 3.05) is 13.1 Å². The lowest BCUT2D eigenvalue weighted by Gasteiger charge is -2.28. The highest BCUT2D eigenvalue weighted by Crippen LogP contribution is 2.26. The third kappa shape index (κ3) is 6.69. The van der Waals surface area contributed by atoms with Gasteiger partial charge in [-0.25, -0.2) is 13.6 Å². The van der Waals surface area contributed by atoms with Gasteiger partial charge in [-0.3, -0.25) is 4.79 Å². The molecule has 1 rings (SSSR count). The molecule has 17 heavy (non-hydrogen) atoms. The molecular formula is C8H10F5NO3. The summed E-state index contributed by atoms with van der Waals surface area (Å²) in [6.07, 6.45) is -4.84. The molecule has 0 bridgehead atoms. The fourth-order valence-electron chi connectivity index (χ4n) is 0.957. The average molecular weight is 263 g/mol. The van der Waals surface area contributed by atoms with Crippen LogP contribution in [0.25, 0.3) is 0 Å². The van der Waals surface area contributed by atoms with Crippen LogP contribution < -0.4 is 0 Å².